The highest BCUT2D eigenvalue weighted by Gasteiger charge is 2.25. The van der Waals surface area contributed by atoms with E-state index in [1.165, 1.54) is 0 Å². The van der Waals surface area contributed by atoms with Crippen LogP contribution in [0.4, 0.5) is 5.95 Å². The molecule has 1 aromatic carbocycles. The van der Waals surface area contributed by atoms with E-state index >= 15 is 0 Å². The van der Waals surface area contributed by atoms with Crippen LogP contribution in [0, 0.1) is 0 Å². The zero-order valence-electron chi connectivity index (χ0n) is 12.9. The Bertz CT molecular complexity index is 873. The molecule has 4 rings (SSSR count). The van der Waals surface area contributed by atoms with Gasteiger partial charge >= 0.3 is 0 Å². The van der Waals surface area contributed by atoms with E-state index in [2.05, 4.69) is 14.9 Å². The second-order valence-electron chi connectivity index (χ2n) is 5.62. The normalized spacial score (nSPS) is 15.0. The first-order chi connectivity index (χ1) is 11.7. The minimum absolute atomic E-state index is 0.101. The average Bonchev–Trinajstić information content (AvgIpc) is 3.05. The maximum absolute atomic E-state index is 12.6. The molecule has 3 heterocycles. The third-order valence-electron chi connectivity index (χ3n) is 4.09. The molecule has 0 saturated carbocycles. The summed E-state index contributed by atoms with van der Waals surface area (Å²) in [5, 5.41) is 1.46. The van der Waals surface area contributed by atoms with E-state index in [1.807, 2.05) is 0 Å². The van der Waals surface area contributed by atoms with Gasteiger partial charge < -0.3 is 14.2 Å². The summed E-state index contributed by atoms with van der Waals surface area (Å²) in [4.78, 5) is 25.0. The van der Waals surface area contributed by atoms with E-state index in [-0.39, 0.29) is 5.91 Å². The van der Waals surface area contributed by atoms with E-state index < -0.39 is 0 Å². The van der Waals surface area contributed by atoms with Gasteiger partial charge in [-0.05, 0) is 30.3 Å². The predicted octanol–water partition coefficient (Wildman–Crippen LogP) is 2.84. The topological polar surface area (TPSA) is 62.5 Å². The van der Waals surface area contributed by atoms with Gasteiger partial charge in [0.2, 0.25) is 5.95 Å². The maximum Gasteiger partial charge on any atom is 0.289 e. The van der Waals surface area contributed by atoms with Gasteiger partial charge in [0.15, 0.2) is 5.76 Å². The van der Waals surface area contributed by atoms with Crippen LogP contribution in [0.3, 0.4) is 0 Å². The van der Waals surface area contributed by atoms with Crippen molar-refractivity contribution in [1.29, 1.82) is 0 Å². The monoisotopic (exact) mass is 342 g/mol. The lowest BCUT2D eigenvalue weighted by atomic mass is 10.2. The van der Waals surface area contributed by atoms with Crippen LogP contribution < -0.4 is 4.90 Å². The Morgan fingerprint density at radius 2 is 1.83 bits per heavy atom. The lowest BCUT2D eigenvalue weighted by Crippen LogP contribution is -2.49. The standard InChI is InChI=1S/C17H15ClN4O2/c18-13-2-3-14-12(10-13)11-15(24-14)16(23)21-6-8-22(9-7-21)17-19-4-1-5-20-17/h1-5,10-11H,6-9H2. The van der Waals surface area contributed by atoms with Crippen molar-refractivity contribution in [2.45, 2.75) is 0 Å². The van der Waals surface area contributed by atoms with Crippen molar-refractivity contribution in [1.82, 2.24) is 14.9 Å². The van der Waals surface area contributed by atoms with Gasteiger partial charge in [0.05, 0.1) is 0 Å². The van der Waals surface area contributed by atoms with Crippen LogP contribution >= 0.6 is 11.6 Å². The average molecular weight is 343 g/mol. The number of halogens is 1. The second kappa shape index (κ2) is 6.13. The number of nitrogens with zero attached hydrogens (tertiary/aromatic N) is 4. The molecule has 3 aromatic rings. The van der Waals surface area contributed by atoms with Crippen molar-refractivity contribution in [2.75, 3.05) is 31.1 Å². The largest absolute Gasteiger partial charge is 0.451 e. The predicted molar refractivity (Wildman–Crippen MR) is 91.4 cm³/mol. The number of rotatable bonds is 2. The molecule has 0 radical (unpaired) electrons. The van der Waals surface area contributed by atoms with Crippen LogP contribution in [0.15, 0.2) is 47.1 Å². The molecule has 1 saturated heterocycles. The first kappa shape index (κ1) is 15.0. The number of piperazine rings is 1. The molecular weight excluding hydrogens is 328 g/mol. The van der Waals surface area contributed by atoms with Crippen LogP contribution in [0.2, 0.25) is 5.02 Å². The molecule has 0 atom stereocenters. The van der Waals surface area contributed by atoms with E-state index in [9.17, 15) is 4.79 Å². The number of aromatic nitrogens is 2. The lowest BCUT2D eigenvalue weighted by molar-refractivity contribution is 0.0716. The van der Waals surface area contributed by atoms with Crippen molar-refractivity contribution < 1.29 is 9.21 Å². The van der Waals surface area contributed by atoms with Crippen molar-refractivity contribution in [3.63, 3.8) is 0 Å². The Hall–Kier alpha value is -2.60. The zero-order valence-corrected chi connectivity index (χ0v) is 13.6. The summed E-state index contributed by atoms with van der Waals surface area (Å²) < 4.78 is 5.66. The van der Waals surface area contributed by atoms with Crippen LogP contribution in [-0.4, -0.2) is 47.0 Å². The quantitative estimate of drug-likeness (QED) is 0.716. The van der Waals surface area contributed by atoms with Gasteiger partial charge in [-0.3, -0.25) is 4.79 Å². The van der Waals surface area contributed by atoms with E-state index in [0.717, 1.165) is 5.39 Å². The molecule has 122 valence electrons. The second-order valence-corrected chi connectivity index (χ2v) is 6.06. The number of furan rings is 1. The third-order valence-corrected chi connectivity index (χ3v) is 4.33. The van der Waals surface area contributed by atoms with Gasteiger partial charge in [0.1, 0.15) is 5.58 Å². The van der Waals surface area contributed by atoms with E-state index in [4.69, 9.17) is 16.0 Å². The van der Waals surface area contributed by atoms with Gasteiger partial charge in [-0.1, -0.05) is 11.6 Å². The molecule has 24 heavy (non-hydrogen) atoms. The highest BCUT2D eigenvalue weighted by Crippen LogP contribution is 2.24. The Morgan fingerprint density at radius 1 is 1.08 bits per heavy atom. The first-order valence-electron chi connectivity index (χ1n) is 7.71. The number of anilines is 1. The summed E-state index contributed by atoms with van der Waals surface area (Å²) >= 11 is 5.98. The van der Waals surface area contributed by atoms with Gasteiger partial charge in [0, 0.05) is 49.0 Å². The van der Waals surface area contributed by atoms with Crippen LogP contribution in [0.5, 0.6) is 0 Å². The maximum atomic E-state index is 12.6. The van der Waals surface area contributed by atoms with Gasteiger partial charge in [-0.2, -0.15) is 0 Å². The van der Waals surface area contributed by atoms with Crippen molar-refractivity contribution in [2.24, 2.45) is 0 Å². The van der Waals surface area contributed by atoms with Gasteiger partial charge in [0.25, 0.3) is 5.91 Å². The smallest absolute Gasteiger partial charge is 0.289 e. The Balaban J connectivity index is 1.47. The lowest BCUT2D eigenvalue weighted by Gasteiger charge is -2.34. The van der Waals surface area contributed by atoms with Gasteiger partial charge in [-0.25, -0.2) is 9.97 Å². The number of amides is 1. The Morgan fingerprint density at radius 3 is 2.58 bits per heavy atom. The molecule has 1 fully saturated rings. The molecule has 0 aliphatic carbocycles. The summed E-state index contributed by atoms with van der Waals surface area (Å²) in [6.45, 7) is 2.60. The molecule has 0 bridgehead atoms. The van der Waals surface area contributed by atoms with Crippen LogP contribution in [0.1, 0.15) is 10.6 Å². The molecule has 6 nitrogen and oxygen atoms in total. The molecule has 7 heteroatoms. The minimum atomic E-state index is -0.101. The number of carbonyl (C=O) groups excluding carboxylic acids is 1. The summed E-state index contributed by atoms with van der Waals surface area (Å²) in [6, 6.07) is 8.86. The van der Waals surface area contributed by atoms with Crippen LogP contribution in [-0.2, 0) is 0 Å². The summed E-state index contributed by atoms with van der Waals surface area (Å²) in [5.41, 5.74) is 0.666. The van der Waals surface area contributed by atoms with Crippen molar-refractivity contribution in [3.05, 3.63) is 53.5 Å². The third kappa shape index (κ3) is 2.80. The molecule has 2 aromatic heterocycles. The molecule has 0 unspecified atom stereocenters. The number of hydrogen-bond acceptors (Lipinski definition) is 5. The minimum Gasteiger partial charge on any atom is -0.451 e. The number of hydrogen-bond donors (Lipinski definition) is 0. The van der Waals surface area contributed by atoms with Crippen LogP contribution in [0.25, 0.3) is 11.0 Å². The number of fused-ring (bicyclic) bond motifs is 1. The Kier molecular flexibility index (Phi) is 3.82. The zero-order chi connectivity index (χ0) is 16.5. The molecule has 1 amide bonds. The number of benzene rings is 1. The highest BCUT2D eigenvalue weighted by atomic mass is 35.5. The van der Waals surface area contributed by atoms with Gasteiger partial charge in [-0.15, -0.1) is 0 Å². The Labute approximate surface area is 143 Å². The van der Waals surface area contributed by atoms with E-state index in [1.54, 1.807) is 47.6 Å². The molecule has 1 aliphatic rings. The number of carbonyl (C=O) groups is 1. The fraction of sp³-hybridized carbons (Fsp3) is 0.235. The molecular formula is C17H15ClN4O2. The fourth-order valence-electron chi connectivity index (χ4n) is 2.84. The fourth-order valence-corrected chi connectivity index (χ4v) is 3.02. The SMILES string of the molecule is O=C(c1cc2cc(Cl)ccc2o1)N1CCN(c2ncccn2)CC1. The first-order valence-corrected chi connectivity index (χ1v) is 8.09. The summed E-state index contributed by atoms with van der Waals surface area (Å²) in [6.07, 6.45) is 3.44. The van der Waals surface area contributed by atoms with Crippen molar-refractivity contribution in [3.8, 4) is 0 Å². The molecule has 0 N–H and O–H groups in total. The molecule has 0 spiro atoms. The summed E-state index contributed by atoms with van der Waals surface area (Å²) in [5.74, 6) is 0.940. The summed E-state index contributed by atoms with van der Waals surface area (Å²) in [7, 11) is 0. The highest BCUT2D eigenvalue weighted by molar-refractivity contribution is 6.31. The van der Waals surface area contributed by atoms with Crippen molar-refractivity contribution >= 4 is 34.4 Å². The van der Waals surface area contributed by atoms with E-state index in [0.29, 0.717) is 48.5 Å². The molecule has 1 aliphatic heterocycles.